The average molecular weight is 256 g/mol. The van der Waals surface area contributed by atoms with Gasteiger partial charge in [0.05, 0.1) is 13.2 Å². The van der Waals surface area contributed by atoms with Crippen LogP contribution in [0.3, 0.4) is 0 Å². The molecule has 1 aromatic rings. The van der Waals surface area contributed by atoms with E-state index >= 15 is 0 Å². The third-order valence-electron chi connectivity index (χ3n) is 3.38. The predicted molar refractivity (Wildman–Crippen MR) is 69.4 cm³/mol. The Balaban J connectivity index is 2.29. The van der Waals surface area contributed by atoms with Crippen molar-refractivity contribution in [2.75, 3.05) is 18.1 Å². The maximum atomic E-state index is 9.37. The van der Waals surface area contributed by atoms with E-state index in [0.29, 0.717) is 17.6 Å². The van der Waals surface area contributed by atoms with E-state index in [-0.39, 0.29) is 13.2 Å². The van der Waals surface area contributed by atoms with Gasteiger partial charge in [-0.1, -0.05) is 17.7 Å². The molecule has 2 N–H and O–H groups in total. The molecule has 0 amide bonds. The molecule has 2 rings (SSSR count). The summed E-state index contributed by atoms with van der Waals surface area (Å²) in [6.45, 7) is 0.715. The molecular weight excluding hydrogens is 238 g/mol. The predicted octanol–water partition coefficient (Wildman–Crippen LogP) is 2.18. The van der Waals surface area contributed by atoms with Crippen LogP contribution in [0, 0.1) is 0 Å². The van der Waals surface area contributed by atoms with Crippen LogP contribution in [-0.2, 0) is 6.61 Å². The largest absolute Gasteiger partial charge is 0.395 e. The fourth-order valence-corrected chi connectivity index (χ4v) is 2.41. The summed E-state index contributed by atoms with van der Waals surface area (Å²) in [6, 6.07) is 5.99. The summed E-state index contributed by atoms with van der Waals surface area (Å²) in [5, 5.41) is 19.2. The van der Waals surface area contributed by atoms with Gasteiger partial charge in [-0.3, -0.25) is 0 Å². The quantitative estimate of drug-likeness (QED) is 0.848. The molecule has 0 atom stereocenters. The summed E-state index contributed by atoms with van der Waals surface area (Å²) in [5.74, 6) is 0. The molecule has 1 saturated carbocycles. The smallest absolute Gasteiger partial charge is 0.0702 e. The highest BCUT2D eigenvalue weighted by molar-refractivity contribution is 6.30. The average Bonchev–Trinajstić information content (AvgIpc) is 2.26. The van der Waals surface area contributed by atoms with Crippen LogP contribution in [0.5, 0.6) is 0 Å². The zero-order chi connectivity index (χ0) is 12.3. The van der Waals surface area contributed by atoms with E-state index in [1.165, 1.54) is 6.42 Å². The highest BCUT2D eigenvalue weighted by Gasteiger charge is 2.26. The molecule has 4 heteroatoms. The van der Waals surface area contributed by atoms with Gasteiger partial charge in [-0.05, 0) is 31.4 Å². The van der Waals surface area contributed by atoms with Crippen molar-refractivity contribution in [3.05, 3.63) is 28.8 Å². The summed E-state index contributed by atoms with van der Waals surface area (Å²) >= 11 is 6.01. The van der Waals surface area contributed by atoms with Crippen LogP contribution in [0.1, 0.15) is 24.8 Å². The van der Waals surface area contributed by atoms with Gasteiger partial charge in [-0.15, -0.1) is 0 Å². The summed E-state index contributed by atoms with van der Waals surface area (Å²) < 4.78 is 0. The SMILES string of the molecule is OCCN(c1cc(Cl)ccc1CO)C1CCC1. The van der Waals surface area contributed by atoms with Crippen molar-refractivity contribution in [2.24, 2.45) is 0 Å². The minimum atomic E-state index is 0.00114. The van der Waals surface area contributed by atoms with Gasteiger partial charge in [-0.25, -0.2) is 0 Å². The second kappa shape index (κ2) is 5.71. The fraction of sp³-hybridized carbons (Fsp3) is 0.538. The number of nitrogens with zero attached hydrogens (tertiary/aromatic N) is 1. The lowest BCUT2D eigenvalue weighted by molar-refractivity contribution is 0.274. The minimum absolute atomic E-state index is 0.00114. The van der Waals surface area contributed by atoms with Crippen molar-refractivity contribution < 1.29 is 10.2 Å². The minimum Gasteiger partial charge on any atom is -0.395 e. The first kappa shape index (κ1) is 12.7. The molecule has 1 aliphatic rings. The van der Waals surface area contributed by atoms with E-state index in [4.69, 9.17) is 16.7 Å². The number of aliphatic hydroxyl groups is 2. The van der Waals surface area contributed by atoms with Crippen molar-refractivity contribution in [2.45, 2.75) is 31.9 Å². The Labute approximate surface area is 107 Å². The Morgan fingerprint density at radius 2 is 2.06 bits per heavy atom. The van der Waals surface area contributed by atoms with Crippen molar-refractivity contribution in [1.29, 1.82) is 0 Å². The van der Waals surface area contributed by atoms with Gasteiger partial charge < -0.3 is 15.1 Å². The van der Waals surface area contributed by atoms with Gasteiger partial charge >= 0.3 is 0 Å². The van der Waals surface area contributed by atoms with E-state index in [0.717, 1.165) is 24.1 Å². The molecule has 0 saturated heterocycles. The Hall–Kier alpha value is -0.770. The van der Waals surface area contributed by atoms with Crippen molar-refractivity contribution in [1.82, 2.24) is 0 Å². The molecular formula is C13H18ClNO2. The molecule has 0 bridgehead atoms. The molecule has 0 aromatic heterocycles. The number of benzene rings is 1. The van der Waals surface area contributed by atoms with Crippen molar-refractivity contribution >= 4 is 17.3 Å². The normalized spacial score (nSPS) is 15.7. The number of halogens is 1. The van der Waals surface area contributed by atoms with Crippen molar-refractivity contribution in [3.63, 3.8) is 0 Å². The Morgan fingerprint density at radius 3 is 2.59 bits per heavy atom. The molecule has 1 aromatic carbocycles. The molecule has 1 aliphatic carbocycles. The van der Waals surface area contributed by atoms with Crippen LogP contribution in [0.25, 0.3) is 0 Å². The lowest BCUT2D eigenvalue weighted by Crippen LogP contribution is -2.42. The fourth-order valence-electron chi connectivity index (χ4n) is 2.24. The molecule has 0 aliphatic heterocycles. The molecule has 0 spiro atoms. The molecule has 17 heavy (non-hydrogen) atoms. The number of hydrogen-bond donors (Lipinski definition) is 2. The zero-order valence-corrected chi connectivity index (χ0v) is 10.5. The first-order valence-electron chi connectivity index (χ1n) is 6.03. The summed E-state index contributed by atoms with van der Waals surface area (Å²) in [5.41, 5.74) is 1.83. The molecule has 0 unspecified atom stereocenters. The molecule has 1 fully saturated rings. The Bertz CT molecular complexity index is 380. The van der Waals surface area contributed by atoms with E-state index in [2.05, 4.69) is 4.90 Å². The third kappa shape index (κ3) is 2.73. The standard InChI is InChI=1S/C13H18ClNO2/c14-11-5-4-10(9-17)13(8-11)15(6-7-16)12-2-1-3-12/h4-5,8,12,16-17H,1-3,6-7,9H2. The lowest BCUT2D eigenvalue weighted by Gasteiger charge is -2.40. The highest BCUT2D eigenvalue weighted by atomic mass is 35.5. The van der Waals surface area contributed by atoms with Gasteiger partial charge in [0, 0.05) is 28.9 Å². The van der Waals surface area contributed by atoms with E-state index in [1.54, 1.807) is 6.07 Å². The Kier molecular flexibility index (Phi) is 4.26. The Morgan fingerprint density at radius 1 is 1.29 bits per heavy atom. The molecule has 3 nitrogen and oxygen atoms in total. The van der Waals surface area contributed by atoms with Gasteiger partial charge in [0.2, 0.25) is 0 Å². The second-order valence-corrected chi connectivity index (χ2v) is 4.87. The summed E-state index contributed by atoms with van der Waals surface area (Å²) in [6.07, 6.45) is 3.54. The maximum absolute atomic E-state index is 9.37. The molecule has 0 radical (unpaired) electrons. The van der Waals surface area contributed by atoms with Gasteiger partial charge in [0.1, 0.15) is 0 Å². The van der Waals surface area contributed by atoms with E-state index in [9.17, 15) is 5.11 Å². The first-order chi connectivity index (χ1) is 8.26. The molecule has 0 heterocycles. The van der Waals surface area contributed by atoms with E-state index < -0.39 is 0 Å². The van der Waals surface area contributed by atoms with E-state index in [1.807, 2.05) is 12.1 Å². The van der Waals surface area contributed by atoms with Crippen LogP contribution >= 0.6 is 11.6 Å². The van der Waals surface area contributed by atoms with Gasteiger partial charge in [0.15, 0.2) is 0 Å². The van der Waals surface area contributed by atoms with Crippen molar-refractivity contribution in [3.8, 4) is 0 Å². The number of aliphatic hydroxyl groups excluding tert-OH is 2. The first-order valence-corrected chi connectivity index (χ1v) is 6.41. The lowest BCUT2D eigenvalue weighted by atomic mass is 9.90. The van der Waals surface area contributed by atoms with Crippen LogP contribution in [0.4, 0.5) is 5.69 Å². The zero-order valence-electron chi connectivity index (χ0n) is 9.77. The monoisotopic (exact) mass is 255 g/mol. The number of anilines is 1. The number of rotatable bonds is 5. The maximum Gasteiger partial charge on any atom is 0.0702 e. The van der Waals surface area contributed by atoms with Gasteiger partial charge in [0.25, 0.3) is 0 Å². The van der Waals surface area contributed by atoms with Crippen LogP contribution in [0.2, 0.25) is 5.02 Å². The topological polar surface area (TPSA) is 43.7 Å². The molecule has 94 valence electrons. The van der Waals surface area contributed by atoms with Crippen LogP contribution in [-0.4, -0.2) is 29.4 Å². The highest BCUT2D eigenvalue weighted by Crippen LogP contribution is 2.33. The second-order valence-electron chi connectivity index (χ2n) is 4.43. The summed E-state index contributed by atoms with van der Waals surface area (Å²) in [4.78, 5) is 2.17. The summed E-state index contributed by atoms with van der Waals surface area (Å²) in [7, 11) is 0. The van der Waals surface area contributed by atoms with Gasteiger partial charge in [-0.2, -0.15) is 0 Å². The third-order valence-corrected chi connectivity index (χ3v) is 3.62. The van der Waals surface area contributed by atoms with Crippen LogP contribution < -0.4 is 4.90 Å². The van der Waals surface area contributed by atoms with Crippen LogP contribution in [0.15, 0.2) is 18.2 Å². The number of hydrogen-bond acceptors (Lipinski definition) is 3.